The molecule has 0 bridgehead atoms. The van der Waals surface area contributed by atoms with E-state index in [-0.39, 0.29) is 11.9 Å². The normalized spacial score (nSPS) is 10.1. The number of hydrogen-bond acceptors (Lipinski definition) is 4. The van der Waals surface area contributed by atoms with E-state index in [4.69, 9.17) is 9.47 Å². The van der Waals surface area contributed by atoms with E-state index in [1.165, 1.54) is 14.2 Å². The zero-order valence-electron chi connectivity index (χ0n) is 16.0. The second-order valence-corrected chi connectivity index (χ2v) is 5.68. The number of urea groups is 1. The van der Waals surface area contributed by atoms with Crippen LogP contribution in [0.4, 0.5) is 16.2 Å². The number of rotatable bonds is 7. The van der Waals surface area contributed by atoms with E-state index < -0.39 is 0 Å². The van der Waals surface area contributed by atoms with Gasteiger partial charge < -0.3 is 25.0 Å². The maximum atomic E-state index is 12.4. The highest BCUT2D eigenvalue weighted by molar-refractivity contribution is 6.05. The molecule has 0 saturated carbocycles. The van der Waals surface area contributed by atoms with Crippen molar-refractivity contribution in [2.75, 3.05) is 37.9 Å². The fourth-order valence-corrected chi connectivity index (χ4v) is 2.58. The number of ether oxygens (including phenoxy) is 2. The Morgan fingerprint density at radius 1 is 0.889 bits per heavy atom. The van der Waals surface area contributed by atoms with Gasteiger partial charge in [-0.25, -0.2) is 4.79 Å². The van der Waals surface area contributed by atoms with Gasteiger partial charge in [-0.05, 0) is 26.0 Å². The van der Waals surface area contributed by atoms with Crippen LogP contribution < -0.4 is 20.1 Å². The SMILES string of the molecule is CCN(CC)C(=O)Nc1cc(OC)c(NC(=O)c2ccccc2)cc1OC. The van der Waals surface area contributed by atoms with Gasteiger partial charge in [-0.2, -0.15) is 0 Å². The molecule has 7 heteroatoms. The van der Waals surface area contributed by atoms with E-state index in [2.05, 4.69) is 10.6 Å². The van der Waals surface area contributed by atoms with Gasteiger partial charge >= 0.3 is 6.03 Å². The van der Waals surface area contributed by atoms with Gasteiger partial charge in [0.25, 0.3) is 5.91 Å². The van der Waals surface area contributed by atoms with E-state index in [0.29, 0.717) is 41.5 Å². The first-order chi connectivity index (χ1) is 13.0. The highest BCUT2D eigenvalue weighted by atomic mass is 16.5. The maximum Gasteiger partial charge on any atom is 0.321 e. The largest absolute Gasteiger partial charge is 0.494 e. The third-order valence-electron chi connectivity index (χ3n) is 4.10. The molecule has 7 nitrogen and oxygen atoms in total. The molecule has 3 amide bonds. The number of carbonyl (C=O) groups excluding carboxylic acids is 2. The number of hydrogen-bond donors (Lipinski definition) is 2. The first kappa shape index (κ1) is 20.1. The van der Waals surface area contributed by atoms with Crippen LogP contribution >= 0.6 is 0 Å². The number of amides is 3. The molecular formula is C20H25N3O4. The standard InChI is InChI=1S/C20H25N3O4/c1-5-23(6-2)20(25)22-16-13-17(26-3)15(12-18(16)27-4)21-19(24)14-10-8-7-9-11-14/h7-13H,5-6H2,1-4H3,(H,21,24)(H,22,25). The molecule has 2 aromatic rings. The average molecular weight is 371 g/mol. The molecule has 0 aliphatic carbocycles. The molecule has 27 heavy (non-hydrogen) atoms. The zero-order chi connectivity index (χ0) is 19.8. The summed E-state index contributed by atoms with van der Waals surface area (Å²) in [6.07, 6.45) is 0. The van der Waals surface area contributed by atoms with E-state index in [1.54, 1.807) is 41.3 Å². The Bertz CT molecular complexity index is 789. The number of carbonyl (C=O) groups is 2. The summed E-state index contributed by atoms with van der Waals surface area (Å²) in [7, 11) is 2.99. The average Bonchev–Trinajstić information content (AvgIpc) is 2.70. The molecule has 0 saturated heterocycles. The third kappa shape index (κ3) is 4.91. The van der Waals surface area contributed by atoms with Crippen molar-refractivity contribution >= 4 is 23.3 Å². The number of benzene rings is 2. The molecule has 0 aromatic heterocycles. The lowest BCUT2D eigenvalue weighted by Gasteiger charge is -2.21. The van der Waals surface area contributed by atoms with Crippen LogP contribution in [0.5, 0.6) is 11.5 Å². The van der Waals surface area contributed by atoms with Crippen LogP contribution in [0.25, 0.3) is 0 Å². The van der Waals surface area contributed by atoms with Crippen molar-refractivity contribution in [3.05, 3.63) is 48.0 Å². The molecule has 0 radical (unpaired) electrons. The summed E-state index contributed by atoms with van der Waals surface area (Å²) in [5, 5.41) is 5.63. The lowest BCUT2D eigenvalue weighted by atomic mass is 10.2. The van der Waals surface area contributed by atoms with Gasteiger partial charge in [0.1, 0.15) is 11.5 Å². The van der Waals surface area contributed by atoms with Crippen LogP contribution in [-0.4, -0.2) is 44.1 Å². The summed E-state index contributed by atoms with van der Waals surface area (Å²) in [6.45, 7) is 4.99. The van der Waals surface area contributed by atoms with Gasteiger partial charge in [-0.1, -0.05) is 18.2 Å². The second kappa shape index (κ2) is 9.47. The lowest BCUT2D eigenvalue weighted by molar-refractivity contribution is 0.102. The Morgan fingerprint density at radius 2 is 1.41 bits per heavy atom. The minimum Gasteiger partial charge on any atom is -0.494 e. The van der Waals surface area contributed by atoms with Gasteiger partial charge in [-0.15, -0.1) is 0 Å². The molecule has 0 aliphatic rings. The molecule has 2 aromatic carbocycles. The Kier molecular flexibility index (Phi) is 7.05. The number of methoxy groups -OCH3 is 2. The highest BCUT2D eigenvalue weighted by Crippen LogP contribution is 2.36. The van der Waals surface area contributed by atoms with Crippen LogP contribution in [0.15, 0.2) is 42.5 Å². The van der Waals surface area contributed by atoms with Gasteiger partial charge in [-0.3, -0.25) is 4.79 Å². The maximum absolute atomic E-state index is 12.4. The summed E-state index contributed by atoms with van der Waals surface area (Å²) < 4.78 is 10.8. The Labute approximate surface area is 159 Å². The van der Waals surface area contributed by atoms with E-state index in [0.717, 1.165) is 0 Å². The summed E-state index contributed by atoms with van der Waals surface area (Å²) in [5.41, 5.74) is 1.44. The van der Waals surface area contributed by atoms with Gasteiger partial charge in [0.05, 0.1) is 25.6 Å². The number of anilines is 2. The van der Waals surface area contributed by atoms with Crippen LogP contribution in [0.2, 0.25) is 0 Å². The second-order valence-electron chi connectivity index (χ2n) is 5.68. The first-order valence-corrected chi connectivity index (χ1v) is 8.72. The van der Waals surface area contributed by atoms with Crippen molar-refractivity contribution in [3.63, 3.8) is 0 Å². The smallest absolute Gasteiger partial charge is 0.321 e. The van der Waals surface area contributed by atoms with Crippen molar-refractivity contribution in [1.82, 2.24) is 4.90 Å². The molecule has 0 fully saturated rings. The van der Waals surface area contributed by atoms with Crippen molar-refractivity contribution < 1.29 is 19.1 Å². The van der Waals surface area contributed by atoms with Crippen LogP contribution in [0.3, 0.4) is 0 Å². The topological polar surface area (TPSA) is 79.9 Å². The molecule has 0 atom stereocenters. The third-order valence-corrected chi connectivity index (χ3v) is 4.10. The number of nitrogens with zero attached hydrogens (tertiary/aromatic N) is 1. The summed E-state index contributed by atoms with van der Waals surface area (Å²) in [6, 6.07) is 11.9. The van der Waals surface area contributed by atoms with E-state index in [9.17, 15) is 9.59 Å². The van der Waals surface area contributed by atoms with E-state index >= 15 is 0 Å². The van der Waals surface area contributed by atoms with Gasteiger partial charge in [0, 0.05) is 30.8 Å². The minimum atomic E-state index is -0.268. The zero-order valence-corrected chi connectivity index (χ0v) is 16.0. The van der Waals surface area contributed by atoms with Crippen LogP contribution in [0.1, 0.15) is 24.2 Å². The predicted octanol–water partition coefficient (Wildman–Crippen LogP) is 3.83. The minimum absolute atomic E-state index is 0.235. The predicted molar refractivity (Wildman–Crippen MR) is 106 cm³/mol. The fourth-order valence-electron chi connectivity index (χ4n) is 2.58. The first-order valence-electron chi connectivity index (χ1n) is 8.72. The summed E-state index contributed by atoms with van der Waals surface area (Å²) in [5.74, 6) is 0.561. The summed E-state index contributed by atoms with van der Waals surface area (Å²) >= 11 is 0. The highest BCUT2D eigenvalue weighted by Gasteiger charge is 2.17. The molecule has 2 N–H and O–H groups in total. The molecule has 0 spiro atoms. The van der Waals surface area contributed by atoms with Gasteiger partial charge in [0.15, 0.2) is 0 Å². The summed E-state index contributed by atoms with van der Waals surface area (Å²) in [4.78, 5) is 26.4. The lowest BCUT2D eigenvalue weighted by Crippen LogP contribution is -2.34. The Balaban J connectivity index is 2.30. The van der Waals surface area contributed by atoms with Crippen molar-refractivity contribution in [2.24, 2.45) is 0 Å². The molecule has 144 valence electrons. The van der Waals surface area contributed by atoms with Crippen molar-refractivity contribution in [1.29, 1.82) is 0 Å². The Hall–Kier alpha value is -3.22. The molecule has 0 aliphatic heterocycles. The fraction of sp³-hybridized carbons (Fsp3) is 0.300. The Morgan fingerprint density at radius 3 is 1.89 bits per heavy atom. The van der Waals surface area contributed by atoms with Gasteiger partial charge in [0.2, 0.25) is 0 Å². The molecular weight excluding hydrogens is 346 g/mol. The molecule has 2 rings (SSSR count). The van der Waals surface area contributed by atoms with Crippen molar-refractivity contribution in [3.8, 4) is 11.5 Å². The quantitative estimate of drug-likeness (QED) is 0.775. The van der Waals surface area contributed by atoms with Crippen molar-refractivity contribution in [2.45, 2.75) is 13.8 Å². The van der Waals surface area contributed by atoms with E-state index in [1.807, 2.05) is 19.9 Å². The van der Waals surface area contributed by atoms with Crippen LogP contribution in [0, 0.1) is 0 Å². The number of nitrogens with one attached hydrogen (secondary N) is 2. The monoisotopic (exact) mass is 371 g/mol. The van der Waals surface area contributed by atoms with Crippen LogP contribution in [-0.2, 0) is 0 Å². The molecule has 0 unspecified atom stereocenters. The molecule has 0 heterocycles.